The molecular formula is C19H23N3O2. The number of aliphatic hydroxyl groups excluding tert-OH is 1. The van der Waals surface area contributed by atoms with Gasteiger partial charge in [0.1, 0.15) is 11.6 Å². The van der Waals surface area contributed by atoms with Crippen LogP contribution in [0.3, 0.4) is 0 Å². The Balaban J connectivity index is 2.03. The van der Waals surface area contributed by atoms with Gasteiger partial charge < -0.3 is 20.2 Å². The van der Waals surface area contributed by atoms with Crippen LogP contribution in [0, 0.1) is 6.92 Å². The van der Waals surface area contributed by atoms with Crippen molar-refractivity contribution in [3.05, 3.63) is 64.3 Å². The fourth-order valence-corrected chi connectivity index (χ4v) is 2.86. The molecule has 1 amide bonds. The molecular weight excluding hydrogens is 302 g/mol. The second-order valence-corrected chi connectivity index (χ2v) is 6.56. The number of rotatable bonds is 3. The lowest BCUT2D eigenvalue weighted by molar-refractivity contribution is -0.128. The Kier molecular flexibility index (Phi) is 4.09. The van der Waals surface area contributed by atoms with E-state index in [-0.39, 0.29) is 11.7 Å². The van der Waals surface area contributed by atoms with Crippen LogP contribution in [0.25, 0.3) is 5.70 Å². The summed E-state index contributed by atoms with van der Waals surface area (Å²) in [6, 6.07) is 8.22. The van der Waals surface area contributed by atoms with Crippen LogP contribution in [-0.2, 0) is 4.79 Å². The Bertz CT molecular complexity index is 770. The van der Waals surface area contributed by atoms with E-state index < -0.39 is 0 Å². The van der Waals surface area contributed by atoms with E-state index in [1.165, 1.54) is 5.56 Å². The van der Waals surface area contributed by atoms with E-state index in [4.69, 9.17) is 0 Å². The van der Waals surface area contributed by atoms with E-state index in [0.717, 1.165) is 28.4 Å². The second-order valence-electron chi connectivity index (χ2n) is 6.56. The van der Waals surface area contributed by atoms with Crippen molar-refractivity contribution in [2.75, 3.05) is 20.6 Å². The third kappa shape index (κ3) is 2.89. The van der Waals surface area contributed by atoms with E-state index in [1.54, 1.807) is 25.1 Å². The Morgan fingerprint density at radius 2 is 1.92 bits per heavy atom. The van der Waals surface area contributed by atoms with E-state index >= 15 is 0 Å². The molecule has 0 radical (unpaired) electrons. The number of carbonyl (C=O) groups is 1. The largest absolute Gasteiger partial charge is 0.508 e. The fraction of sp³-hybridized carbons (Fsp3) is 0.316. The highest BCUT2D eigenvalue weighted by atomic mass is 16.3. The quantitative estimate of drug-likeness (QED) is 0.897. The van der Waals surface area contributed by atoms with Crippen molar-refractivity contribution in [1.29, 1.82) is 0 Å². The smallest absolute Gasteiger partial charge is 0.228 e. The molecule has 5 heteroatoms. The molecule has 5 nitrogen and oxygen atoms in total. The average molecular weight is 325 g/mol. The molecule has 0 unspecified atom stereocenters. The number of benzene rings is 1. The van der Waals surface area contributed by atoms with Gasteiger partial charge in [0, 0.05) is 26.7 Å². The first kappa shape index (κ1) is 16.2. The summed E-state index contributed by atoms with van der Waals surface area (Å²) in [7, 11) is 3.53. The Hall–Kier alpha value is -2.69. The fourth-order valence-electron chi connectivity index (χ4n) is 2.86. The SMILES string of the molecule is CC1=C(O)C=C2NC(c3ccc(C)cc3)=C(CC(=O)N(C)C)N2C1. The van der Waals surface area contributed by atoms with Crippen LogP contribution in [0.15, 0.2) is 53.2 Å². The van der Waals surface area contributed by atoms with Crippen LogP contribution in [-0.4, -0.2) is 41.5 Å². The van der Waals surface area contributed by atoms with Crippen molar-refractivity contribution >= 4 is 11.6 Å². The van der Waals surface area contributed by atoms with Gasteiger partial charge in [-0.2, -0.15) is 0 Å². The zero-order valence-electron chi connectivity index (χ0n) is 14.6. The van der Waals surface area contributed by atoms with Gasteiger partial charge in [-0.15, -0.1) is 0 Å². The van der Waals surface area contributed by atoms with Gasteiger partial charge in [-0.05, 0) is 25.0 Å². The van der Waals surface area contributed by atoms with Gasteiger partial charge >= 0.3 is 0 Å². The second kappa shape index (κ2) is 6.07. The van der Waals surface area contributed by atoms with Crippen LogP contribution >= 0.6 is 0 Å². The Morgan fingerprint density at radius 3 is 2.54 bits per heavy atom. The summed E-state index contributed by atoms with van der Waals surface area (Å²) in [5.41, 5.74) is 4.99. The first-order chi connectivity index (χ1) is 11.4. The van der Waals surface area contributed by atoms with Crippen LogP contribution in [0.4, 0.5) is 0 Å². The van der Waals surface area contributed by atoms with Crippen LogP contribution in [0.1, 0.15) is 24.5 Å². The lowest BCUT2D eigenvalue weighted by atomic mass is 10.1. The summed E-state index contributed by atoms with van der Waals surface area (Å²) in [6.07, 6.45) is 2.04. The maximum Gasteiger partial charge on any atom is 0.228 e. The highest BCUT2D eigenvalue weighted by Gasteiger charge is 2.32. The number of carbonyl (C=O) groups excluding carboxylic acids is 1. The molecule has 0 bridgehead atoms. The first-order valence-corrected chi connectivity index (χ1v) is 8.02. The van der Waals surface area contributed by atoms with Crippen molar-refractivity contribution in [3.8, 4) is 0 Å². The van der Waals surface area contributed by atoms with Crippen LogP contribution in [0.2, 0.25) is 0 Å². The molecule has 1 aromatic carbocycles. The lowest BCUT2D eigenvalue weighted by Gasteiger charge is -2.27. The number of nitrogens with one attached hydrogen (secondary N) is 1. The number of nitrogens with zero attached hydrogens (tertiary/aromatic N) is 2. The summed E-state index contributed by atoms with van der Waals surface area (Å²) >= 11 is 0. The molecule has 2 N–H and O–H groups in total. The third-order valence-corrected chi connectivity index (χ3v) is 4.42. The van der Waals surface area contributed by atoms with Gasteiger partial charge in [0.15, 0.2) is 0 Å². The minimum atomic E-state index is 0.0501. The van der Waals surface area contributed by atoms with Crippen molar-refractivity contribution in [2.45, 2.75) is 20.3 Å². The standard InChI is InChI=1S/C19H23N3O2/c1-12-5-7-14(8-6-12)19-15(9-18(24)21(3)4)22-11-13(2)16(23)10-17(22)20-19/h5-8,10,20,23H,9,11H2,1-4H3. The molecule has 0 atom stereocenters. The highest BCUT2D eigenvalue weighted by molar-refractivity contribution is 5.83. The van der Waals surface area contributed by atoms with Gasteiger partial charge in [-0.25, -0.2) is 0 Å². The summed E-state index contributed by atoms with van der Waals surface area (Å²) in [5, 5.41) is 13.4. The topological polar surface area (TPSA) is 55.8 Å². The normalized spacial score (nSPS) is 16.8. The molecule has 0 spiro atoms. The molecule has 2 aliphatic heterocycles. The molecule has 3 rings (SSSR count). The summed E-state index contributed by atoms with van der Waals surface area (Å²) < 4.78 is 0. The average Bonchev–Trinajstić information content (AvgIpc) is 2.86. The predicted molar refractivity (Wildman–Crippen MR) is 94.7 cm³/mol. The molecule has 0 aromatic heterocycles. The number of amides is 1. The minimum absolute atomic E-state index is 0.0501. The molecule has 24 heavy (non-hydrogen) atoms. The monoisotopic (exact) mass is 325 g/mol. The third-order valence-electron chi connectivity index (χ3n) is 4.42. The number of allylic oxidation sites excluding steroid dienone is 1. The maximum absolute atomic E-state index is 12.3. The van der Waals surface area contributed by atoms with Crippen molar-refractivity contribution < 1.29 is 9.90 Å². The number of fused-ring (bicyclic) bond motifs is 1. The van der Waals surface area contributed by atoms with E-state index in [0.29, 0.717) is 13.0 Å². The van der Waals surface area contributed by atoms with Crippen molar-refractivity contribution in [1.82, 2.24) is 15.1 Å². The van der Waals surface area contributed by atoms with E-state index in [1.807, 2.05) is 13.8 Å². The minimum Gasteiger partial charge on any atom is -0.508 e. The zero-order chi connectivity index (χ0) is 17.4. The molecule has 0 aliphatic carbocycles. The molecule has 126 valence electrons. The van der Waals surface area contributed by atoms with Crippen LogP contribution < -0.4 is 5.32 Å². The van der Waals surface area contributed by atoms with E-state index in [2.05, 4.69) is 34.5 Å². The molecule has 0 saturated heterocycles. The lowest BCUT2D eigenvalue weighted by Crippen LogP contribution is -2.30. The van der Waals surface area contributed by atoms with Crippen molar-refractivity contribution in [3.63, 3.8) is 0 Å². The Morgan fingerprint density at radius 1 is 1.25 bits per heavy atom. The van der Waals surface area contributed by atoms with Gasteiger partial charge in [0.2, 0.25) is 5.91 Å². The first-order valence-electron chi connectivity index (χ1n) is 8.02. The molecule has 0 fully saturated rings. The number of hydrogen-bond donors (Lipinski definition) is 2. The Labute approximate surface area is 142 Å². The van der Waals surface area contributed by atoms with Gasteiger partial charge in [0.05, 0.1) is 17.8 Å². The predicted octanol–water partition coefficient (Wildman–Crippen LogP) is 2.73. The van der Waals surface area contributed by atoms with Crippen LogP contribution in [0.5, 0.6) is 0 Å². The van der Waals surface area contributed by atoms with E-state index in [9.17, 15) is 9.90 Å². The van der Waals surface area contributed by atoms with Crippen molar-refractivity contribution in [2.24, 2.45) is 0 Å². The number of aryl methyl sites for hydroxylation is 1. The zero-order valence-corrected chi connectivity index (χ0v) is 14.6. The molecule has 2 heterocycles. The summed E-state index contributed by atoms with van der Waals surface area (Å²) in [5.74, 6) is 1.15. The molecule has 0 saturated carbocycles. The number of aliphatic hydroxyl groups is 1. The van der Waals surface area contributed by atoms with Gasteiger partial charge in [-0.3, -0.25) is 4.79 Å². The highest BCUT2D eigenvalue weighted by Crippen LogP contribution is 2.35. The maximum atomic E-state index is 12.3. The molecule has 1 aromatic rings. The molecule has 2 aliphatic rings. The van der Waals surface area contributed by atoms with Gasteiger partial charge in [0.25, 0.3) is 0 Å². The van der Waals surface area contributed by atoms with Gasteiger partial charge in [-0.1, -0.05) is 29.8 Å². The number of hydrogen-bond acceptors (Lipinski definition) is 4. The summed E-state index contributed by atoms with van der Waals surface area (Å²) in [4.78, 5) is 16.0. The summed E-state index contributed by atoms with van der Waals surface area (Å²) in [6.45, 7) is 4.53.